The quantitative estimate of drug-likeness (QED) is 0.613. The zero-order valence-corrected chi connectivity index (χ0v) is 7.08. The minimum atomic E-state index is -0.109. The third-order valence-electron chi connectivity index (χ3n) is 1.73. The summed E-state index contributed by atoms with van der Waals surface area (Å²) in [4.78, 5) is 14.9. The topological polar surface area (TPSA) is 52.7 Å². The first-order valence-electron chi connectivity index (χ1n) is 3.79. The summed E-state index contributed by atoms with van der Waals surface area (Å²) in [5.74, 6) is 0.699. The molecule has 0 N–H and O–H groups in total. The highest BCUT2D eigenvalue weighted by molar-refractivity contribution is 5.20. The Bertz CT molecular complexity index is 457. The standard InChI is InChI=1S/C8H8N4O/c1-11-8(4-7(13)5-10-11)12-3-2-9-6-12/h2-6H,1H3. The van der Waals surface area contributed by atoms with Crippen molar-refractivity contribution in [2.45, 2.75) is 0 Å². The molecule has 0 saturated carbocycles. The zero-order chi connectivity index (χ0) is 9.26. The Kier molecular flexibility index (Phi) is 1.70. The van der Waals surface area contributed by atoms with Crippen LogP contribution in [-0.2, 0) is 7.05 Å². The molecule has 0 spiro atoms. The van der Waals surface area contributed by atoms with Gasteiger partial charge in [0.25, 0.3) is 0 Å². The molecule has 5 nitrogen and oxygen atoms in total. The third-order valence-corrected chi connectivity index (χ3v) is 1.73. The van der Waals surface area contributed by atoms with Gasteiger partial charge < -0.3 is 0 Å². The van der Waals surface area contributed by atoms with Crippen LogP contribution in [-0.4, -0.2) is 19.3 Å². The molecule has 5 heteroatoms. The zero-order valence-electron chi connectivity index (χ0n) is 7.08. The highest BCUT2D eigenvalue weighted by atomic mass is 16.1. The molecular weight excluding hydrogens is 168 g/mol. The maximum absolute atomic E-state index is 11.0. The number of aromatic nitrogens is 4. The molecule has 0 amide bonds. The van der Waals surface area contributed by atoms with Crippen molar-refractivity contribution in [2.24, 2.45) is 7.05 Å². The second kappa shape index (κ2) is 2.85. The molecule has 2 aromatic heterocycles. The molecule has 13 heavy (non-hydrogen) atoms. The van der Waals surface area contributed by atoms with Crippen molar-refractivity contribution in [2.75, 3.05) is 0 Å². The van der Waals surface area contributed by atoms with Gasteiger partial charge in [-0.2, -0.15) is 5.10 Å². The molecular formula is C8H8N4O. The molecule has 0 unspecified atom stereocenters. The van der Waals surface area contributed by atoms with Gasteiger partial charge >= 0.3 is 0 Å². The maximum Gasteiger partial charge on any atom is 0.202 e. The van der Waals surface area contributed by atoms with Crippen LogP contribution in [0.25, 0.3) is 5.82 Å². The van der Waals surface area contributed by atoms with E-state index in [4.69, 9.17) is 0 Å². The van der Waals surface area contributed by atoms with E-state index in [1.807, 2.05) is 0 Å². The molecule has 0 radical (unpaired) electrons. The summed E-state index contributed by atoms with van der Waals surface area (Å²) in [5, 5.41) is 3.89. The summed E-state index contributed by atoms with van der Waals surface area (Å²) in [6.45, 7) is 0. The number of hydrogen-bond acceptors (Lipinski definition) is 3. The number of imidazole rings is 1. The Morgan fingerprint density at radius 1 is 1.46 bits per heavy atom. The maximum atomic E-state index is 11.0. The van der Waals surface area contributed by atoms with Crippen molar-refractivity contribution in [1.29, 1.82) is 0 Å². The van der Waals surface area contributed by atoms with Crippen LogP contribution in [0.3, 0.4) is 0 Å². The second-order valence-corrected chi connectivity index (χ2v) is 2.64. The van der Waals surface area contributed by atoms with Gasteiger partial charge in [-0.1, -0.05) is 0 Å². The lowest BCUT2D eigenvalue weighted by Crippen LogP contribution is -2.13. The summed E-state index contributed by atoms with van der Waals surface area (Å²) >= 11 is 0. The van der Waals surface area contributed by atoms with Crippen molar-refractivity contribution >= 4 is 0 Å². The first-order chi connectivity index (χ1) is 6.27. The molecule has 0 atom stereocenters. The third kappa shape index (κ3) is 1.35. The van der Waals surface area contributed by atoms with E-state index in [0.717, 1.165) is 0 Å². The van der Waals surface area contributed by atoms with Crippen LogP contribution in [0, 0.1) is 0 Å². The number of rotatable bonds is 1. The highest BCUT2D eigenvalue weighted by Gasteiger charge is 1.99. The Labute approximate surface area is 74.3 Å². The van der Waals surface area contributed by atoms with E-state index in [0.29, 0.717) is 5.82 Å². The van der Waals surface area contributed by atoms with Crippen LogP contribution >= 0.6 is 0 Å². The summed E-state index contributed by atoms with van der Waals surface area (Å²) in [6, 6.07) is 1.51. The van der Waals surface area contributed by atoms with Gasteiger partial charge in [-0.15, -0.1) is 0 Å². The predicted octanol–water partition coefficient (Wildman–Crippen LogP) is -0.0340. The predicted molar refractivity (Wildman–Crippen MR) is 46.6 cm³/mol. The van der Waals surface area contributed by atoms with Gasteiger partial charge in [0.1, 0.15) is 12.1 Å². The van der Waals surface area contributed by atoms with Gasteiger partial charge in [-0.3, -0.25) is 14.0 Å². The summed E-state index contributed by atoms with van der Waals surface area (Å²) in [6.07, 6.45) is 6.31. The van der Waals surface area contributed by atoms with Crippen LogP contribution in [0.4, 0.5) is 0 Å². The molecule has 66 valence electrons. The van der Waals surface area contributed by atoms with Crippen molar-refractivity contribution in [1.82, 2.24) is 19.3 Å². The molecule has 2 aromatic rings. The minimum absolute atomic E-state index is 0.109. The molecule has 2 heterocycles. The average molecular weight is 176 g/mol. The first kappa shape index (κ1) is 7.72. The van der Waals surface area contributed by atoms with Gasteiger partial charge in [0.2, 0.25) is 5.43 Å². The molecule has 0 aliphatic carbocycles. The molecule has 0 saturated heterocycles. The van der Waals surface area contributed by atoms with E-state index in [9.17, 15) is 4.79 Å². The molecule has 0 fully saturated rings. The smallest absolute Gasteiger partial charge is 0.202 e. The Morgan fingerprint density at radius 2 is 2.31 bits per heavy atom. The van der Waals surface area contributed by atoms with Crippen LogP contribution < -0.4 is 5.43 Å². The molecule has 0 aromatic carbocycles. The number of aryl methyl sites for hydroxylation is 1. The molecule has 0 aliphatic rings. The summed E-state index contributed by atoms with van der Waals surface area (Å²) in [7, 11) is 1.77. The first-order valence-corrected chi connectivity index (χ1v) is 3.79. The van der Waals surface area contributed by atoms with E-state index >= 15 is 0 Å². The van der Waals surface area contributed by atoms with Crippen molar-refractivity contribution in [3.8, 4) is 5.82 Å². The van der Waals surface area contributed by atoms with Crippen LogP contribution in [0.15, 0.2) is 35.8 Å². The van der Waals surface area contributed by atoms with Crippen molar-refractivity contribution in [3.63, 3.8) is 0 Å². The monoisotopic (exact) mass is 176 g/mol. The Balaban J connectivity index is 2.64. The van der Waals surface area contributed by atoms with Gasteiger partial charge in [0, 0.05) is 25.5 Å². The Hall–Kier alpha value is -1.91. The number of nitrogens with zero attached hydrogens (tertiary/aromatic N) is 4. The van der Waals surface area contributed by atoms with E-state index in [-0.39, 0.29) is 5.43 Å². The summed E-state index contributed by atoms with van der Waals surface area (Å²) < 4.78 is 3.34. The number of hydrogen-bond donors (Lipinski definition) is 0. The SMILES string of the molecule is Cn1ncc(=O)cc1-n1ccnc1. The van der Waals surface area contributed by atoms with Crippen LogP contribution in [0.1, 0.15) is 0 Å². The van der Waals surface area contributed by atoms with Crippen molar-refractivity contribution in [3.05, 3.63) is 41.2 Å². The van der Waals surface area contributed by atoms with Crippen molar-refractivity contribution < 1.29 is 0 Å². The molecule has 0 bridgehead atoms. The van der Waals surface area contributed by atoms with E-state index in [1.165, 1.54) is 12.3 Å². The van der Waals surface area contributed by atoms with Gasteiger partial charge in [-0.05, 0) is 0 Å². The fourth-order valence-electron chi connectivity index (χ4n) is 1.10. The lowest BCUT2D eigenvalue weighted by molar-refractivity contribution is 0.696. The van der Waals surface area contributed by atoms with Crippen LogP contribution in [0.2, 0.25) is 0 Å². The molecule has 2 rings (SSSR count). The van der Waals surface area contributed by atoms with Gasteiger partial charge in [-0.25, -0.2) is 4.98 Å². The van der Waals surface area contributed by atoms with E-state index < -0.39 is 0 Å². The van der Waals surface area contributed by atoms with Crippen LogP contribution in [0.5, 0.6) is 0 Å². The van der Waals surface area contributed by atoms with Gasteiger partial charge in [0.05, 0.1) is 6.20 Å². The normalized spacial score (nSPS) is 10.2. The minimum Gasteiger partial charge on any atom is -0.291 e. The second-order valence-electron chi connectivity index (χ2n) is 2.64. The lowest BCUT2D eigenvalue weighted by Gasteiger charge is -2.05. The highest BCUT2D eigenvalue weighted by Crippen LogP contribution is 1.99. The van der Waals surface area contributed by atoms with E-state index in [1.54, 1.807) is 35.0 Å². The van der Waals surface area contributed by atoms with Gasteiger partial charge in [0.15, 0.2) is 0 Å². The fraction of sp³-hybridized carbons (Fsp3) is 0.125. The largest absolute Gasteiger partial charge is 0.291 e. The lowest BCUT2D eigenvalue weighted by atomic mass is 10.5. The Morgan fingerprint density at radius 3 is 3.00 bits per heavy atom. The average Bonchev–Trinajstić information content (AvgIpc) is 2.61. The summed E-state index contributed by atoms with van der Waals surface area (Å²) in [5.41, 5.74) is -0.109. The fourth-order valence-corrected chi connectivity index (χ4v) is 1.10. The molecule has 0 aliphatic heterocycles. The van der Waals surface area contributed by atoms with E-state index in [2.05, 4.69) is 10.1 Å².